The molecule has 0 saturated carbocycles. The minimum absolute atomic E-state index is 0.0410. The fraction of sp³-hybridized carbons (Fsp3) is 0.238. The van der Waals surface area contributed by atoms with Crippen molar-refractivity contribution < 1.29 is 9.53 Å². The molecule has 134 valence electrons. The summed E-state index contributed by atoms with van der Waals surface area (Å²) in [5.41, 5.74) is 4.34. The number of nitrogens with zero attached hydrogens (tertiary/aromatic N) is 1. The molecule has 0 aliphatic carbocycles. The van der Waals surface area contributed by atoms with Crippen LogP contribution in [0.5, 0.6) is 5.75 Å². The van der Waals surface area contributed by atoms with E-state index >= 15 is 0 Å². The van der Waals surface area contributed by atoms with E-state index in [9.17, 15) is 4.79 Å². The van der Waals surface area contributed by atoms with Gasteiger partial charge in [-0.3, -0.25) is 10.1 Å². The van der Waals surface area contributed by atoms with Crippen LogP contribution in [0.25, 0.3) is 11.3 Å². The minimum Gasteiger partial charge on any atom is -0.484 e. The lowest BCUT2D eigenvalue weighted by molar-refractivity contribution is -0.118. The molecule has 0 fully saturated rings. The molecule has 0 unspecified atom stereocenters. The van der Waals surface area contributed by atoms with Crippen LogP contribution in [0.3, 0.4) is 0 Å². The van der Waals surface area contributed by atoms with Gasteiger partial charge in [0.05, 0.1) is 5.69 Å². The molecule has 1 aromatic heterocycles. The lowest BCUT2D eigenvalue weighted by Gasteiger charge is -2.12. The largest absolute Gasteiger partial charge is 0.484 e. The van der Waals surface area contributed by atoms with E-state index in [0.29, 0.717) is 16.8 Å². The quantitative estimate of drug-likeness (QED) is 0.647. The molecule has 0 saturated heterocycles. The summed E-state index contributed by atoms with van der Waals surface area (Å²) in [6, 6.07) is 15.8. The highest BCUT2D eigenvalue weighted by Crippen LogP contribution is 2.25. The van der Waals surface area contributed by atoms with Gasteiger partial charge < -0.3 is 4.74 Å². The van der Waals surface area contributed by atoms with Gasteiger partial charge in [-0.25, -0.2) is 4.98 Å². The number of aryl methyl sites for hydroxylation is 1. The number of benzene rings is 2. The Kier molecular flexibility index (Phi) is 5.68. The molecule has 0 spiro atoms. The molecule has 0 bridgehead atoms. The van der Waals surface area contributed by atoms with E-state index in [1.807, 2.05) is 47.8 Å². The molecule has 0 atom stereocenters. The van der Waals surface area contributed by atoms with Crippen molar-refractivity contribution in [1.82, 2.24) is 4.98 Å². The van der Waals surface area contributed by atoms with Gasteiger partial charge in [0.25, 0.3) is 5.91 Å². The number of hydrogen-bond acceptors (Lipinski definition) is 4. The van der Waals surface area contributed by atoms with Crippen LogP contribution in [0.2, 0.25) is 0 Å². The Hall–Kier alpha value is -2.66. The second kappa shape index (κ2) is 8.15. The van der Waals surface area contributed by atoms with Gasteiger partial charge in [0.1, 0.15) is 5.75 Å². The first-order valence-electron chi connectivity index (χ1n) is 8.57. The summed E-state index contributed by atoms with van der Waals surface area (Å²) in [6.07, 6.45) is 0. The predicted molar refractivity (Wildman–Crippen MR) is 107 cm³/mol. The Bertz CT molecular complexity index is 888. The van der Waals surface area contributed by atoms with E-state index in [1.165, 1.54) is 22.5 Å². The fourth-order valence-corrected chi connectivity index (χ4v) is 3.50. The maximum Gasteiger partial charge on any atom is 0.264 e. The first kappa shape index (κ1) is 18.1. The third kappa shape index (κ3) is 4.49. The highest BCUT2D eigenvalue weighted by Gasteiger charge is 2.10. The number of amides is 1. The zero-order valence-electron chi connectivity index (χ0n) is 15.2. The zero-order valence-corrected chi connectivity index (χ0v) is 16.0. The molecular weight excluding hydrogens is 344 g/mol. The van der Waals surface area contributed by atoms with Crippen LogP contribution in [0.4, 0.5) is 5.13 Å². The molecule has 5 heteroatoms. The Morgan fingerprint density at radius 2 is 1.96 bits per heavy atom. The Morgan fingerprint density at radius 3 is 2.65 bits per heavy atom. The van der Waals surface area contributed by atoms with Crippen molar-refractivity contribution in [2.75, 3.05) is 11.9 Å². The maximum absolute atomic E-state index is 12.1. The summed E-state index contributed by atoms with van der Waals surface area (Å²) >= 11 is 1.40. The van der Waals surface area contributed by atoms with Gasteiger partial charge in [-0.05, 0) is 36.1 Å². The van der Waals surface area contributed by atoms with Crippen LogP contribution in [0, 0.1) is 6.92 Å². The first-order valence-corrected chi connectivity index (χ1v) is 9.45. The zero-order chi connectivity index (χ0) is 18.5. The van der Waals surface area contributed by atoms with Gasteiger partial charge in [0.15, 0.2) is 11.7 Å². The lowest BCUT2D eigenvalue weighted by Crippen LogP contribution is -2.20. The standard InChI is InChI=1S/C21H22N2O2S/c1-14(2)18-10-9-17(11-15(18)3)25-12-20(24)23-21-22-19(13-26-21)16-7-5-4-6-8-16/h4-11,13-14H,12H2,1-3H3,(H,22,23,24). The van der Waals surface area contributed by atoms with E-state index in [4.69, 9.17) is 4.74 Å². The molecule has 4 nitrogen and oxygen atoms in total. The number of carbonyl (C=O) groups excluding carboxylic acids is 1. The summed E-state index contributed by atoms with van der Waals surface area (Å²) in [7, 11) is 0. The van der Waals surface area contributed by atoms with Gasteiger partial charge in [-0.1, -0.05) is 50.2 Å². The number of hydrogen-bond donors (Lipinski definition) is 1. The molecule has 1 N–H and O–H groups in total. The number of anilines is 1. The predicted octanol–water partition coefficient (Wildman–Crippen LogP) is 5.26. The number of aromatic nitrogens is 1. The van der Waals surface area contributed by atoms with Crippen molar-refractivity contribution in [2.45, 2.75) is 26.7 Å². The van der Waals surface area contributed by atoms with Crippen molar-refractivity contribution >= 4 is 22.4 Å². The molecule has 0 aliphatic rings. The SMILES string of the molecule is Cc1cc(OCC(=O)Nc2nc(-c3ccccc3)cs2)ccc1C(C)C. The van der Waals surface area contributed by atoms with Crippen molar-refractivity contribution in [3.8, 4) is 17.0 Å². The number of thiazole rings is 1. The summed E-state index contributed by atoms with van der Waals surface area (Å²) in [5.74, 6) is 0.951. The summed E-state index contributed by atoms with van der Waals surface area (Å²) < 4.78 is 5.61. The molecule has 1 heterocycles. The number of nitrogens with one attached hydrogen (secondary N) is 1. The number of ether oxygens (including phenoxy) is 1. The van der Waals surface area contributed by atoms with Crippen molar-refractivity contribution in [1.29, 1.82) is 0 Å². The molecular formula is C21H22N2O2S. The van der Waals surface area contributed by atoms with Gasteiger partial charge >= 0.3 is 0 Å². The number of carbonyl (C=O) groups is 1. The van der Waals surface area contributed by atoms with Crippen LogP contribution in [-0.4, -0.2) is 17.5 Å². The topological polar surface area (TPSA) is 51.2 Å². The Morgan fingerprint density at radius 1 is 1.19 bits per heavy atom. The van der Waals surface area contributed by atoms with Gasteiger partial charge in [-0.2, -0.15) is 0 Å². The van der Waals surface area contributed by atoms with Crippen LogP contribution in [0.1, 0.15) is 30.9 Å². The van der Waals surface area contributed by atoms with Gasteiger partial charge in [-0.15, -0.1) is 11.3 Å². The highest BCUT2D eigenvalue weighted by molar-refractivity contribution is 7.14. The van der Waals surface area contributed by atoms with Gasteiger partial charge in [0.2, 0.25) is 0 Å². The summed E-state index contributed by atoms with van der Waals surface area (Å²) in [4.78, 5) is 16.6. The monoisotopic (exact) mass is 366 g/mol. The Labute approximate surface area is 157 Å². The molecule has 1 amide bonds. The van der Waals surface area contributed by atoms with Crippen molar-refractivity contribution in [3.05, 3.63) is 65.0 Å². The normalized spacial score (nSPS) is 10.8. The van der Waals surface area contributed by atoms with Crippen molar-refractivity contribution in [3.63, 3.8) is 0 Å². The van der Waals surface area contributed by atoms with E-state index in [2.05, 4.69) is 37.1 Å². The second-order valence-corrected chi connectivity index (χ2v) is 7.27. The van der Waals surface area contributed by atoms with E-state index in [0.717, 1.165) is 11.3 Å². The van der Waals surface area contributed by atoms with Crippen LogP contribution in [-0.2, 0) is 4.79 Å². The van der Waals surface area contributed by atoms with Crippen molar-refractivity contribution in [2.24, 2.45) is 0 Å². The summed E-state index contributed by atoms with van der Waals surface area (Å²) in [6.45, 7) is 6.34. The number of rotatable bonds is 6. The smallest absolute Gasteiger partial charge is 0.264 e. The average molecular weight is 366 g/mol. The molecule has 3 aromatic rings. The van der Waals surface area contributed by atoms with E-state index in [1.54, 1.807) is 0 Å². The maximum atomic E-state index is 12.1. The van der Waals surface area contributed by atoms with Crippen LogP contribution in [0.15, 0.2) is 53.9 Å². The molecule has 0 radical (unpaired) electrons. The Balaban J connectivity index is 1.56. The third-order valence-corrected chi connectivity index (χ3v) is 4.81. The average Bonchev–Trinajstić information content (AvgIpc) is 3.09. The molecule has 2 aromatic carbocycles. The molecule has 3 rings (SSSR count). The summed E-state index contributed by atoms with van der Waals surface area (Å²) in [5, 5.41) is 5.29. The second-order valence-electron chi connectivity index (χ2n) is 6.41. The highest BCUT2D eigenvalue weighted by atomic mass is 32.1. The van der Waals surface area contributed by atoms with Gasteiger partial charge in [0, 0.05) is 10.9 Å². The lowest BCUT2D eigenvalue weighted by atomic mass is 9.98. The molecule has 26 heavy (non-hydrogen) atoms. The van der Waals surface area contributed by atoms with Crippen LogP contribution >= 0.6 is 11.3 Å². The first-order chi connectivity index (χ1) is 12.5. The fourth-order valence-electron chi connectivity index (χ4n) is 2.76. The minimum atomic E-state index is -0.218. The van der Waals surface area contributed by atoms with E-state index < -0.39 is 0 Å². The molecule has 0 aliphatic heterocycles. The third-order valence-electron chi connectivity index (χ3n) is 4.05. The van der Waals surface area contributed by atoms with E-state index in [-0.39, 0.29) is 12.5 Å². The van der Waals surface area contributed by atoms with Crippen LogP contribution < -0.4 is 10.1 Å².